The van der Waals surface area contributed by atoms with Gasteiger partial charge in [0.2, 0.25) is 0 Å². The Labute approximate surface area is 60.9 Å². The van der Waals surface area contributed by atoms with E-state index in [0.29, 0.717) is 6.61 Å². The molecular formula is C8H12O2. The molecule has 1 rings (SSSR count). The van der Waals surface area contributed by atoms with Crippen LogP contribution in [0.25, 0.3) is 0 Å². The van der Waals surface area contributed by atoms with Crippen molar-refractivity contribution < 1.29 is 9.53 Å². The van der Waals surface area contributed by atoms with Crippen LogP contribution in [0.3, 0.4) is 0 Å². The molecule has 0 radical (unpaired) electrons. The summed E-state index contributed by atoms with van der Waals surface area (Å²) in [4.78, 5) is 10.5. The zero-order chi connectivity index (χ0) is 7.40. The maximum atomic E-state index is 10.5. The minimum Gasteiger partial charge on any atom is -0.458 e. The van der Waals surface area contributed by atoms with Crippen molar-refractivity contribution >= 4 is 5.97 Å². The summed E-state index contributed by atoms with van der Waals surface area (Å²) in [5, 5.41) is 0. The van der Waals surface area contributed by atoms with E-state index in [-0.39, 0.29) is 5.97 Å². The highest BCUT2D eigenvalue weighted by atomic mass is 16.5. The van der Waals surface area contributed by atoms with Gasteiger partial charge in [0.1, 0.15) is 6.61 Å². The average Bonchev–Trinajstić information content (AvgIpc) is 2.31. The lowest BCUT2D eigenvalue weighted by Gasteiger charge is -1.95. The maximum absolute atomic E-state index is 10.5. The van der Waals surface area contributed by atoms with Crippen LogP contribution in [-0.4, -0.2) is 12.6 Å². The monoisotopic (exact) mass is 140 g/mol. The van der Waals surface area contributed by atoms with Crippen molar-refractivity contribution in [3.63, 3.8) is 0 Å². The van der Waals surface area contributed by atoms with Crippen molar-refractivity contribution in [2.24, 2.45) is 0 Å². The molecule has 0 spiro atoms. The van der Waals surface area contributed by atoms with E-state index in [0.717, 1.165) is 18.4 Å². The molecule has 0 aromatic carbocycles. The Kier molecular flexibility index (Phi) is 2.49. The normalized spacial score (nSPS) is 16.9. The summed E-state index contributed by atoms with van der Waals surface area (Å²) in [6.45, 7) is 2.66. The molecule has 2 heteroatoms. The number of esters is 1. The van der Waals surface area contributed by atoms with Gasteiger partial charge in [0.25, 0.3) is 0 Å². The van der Waals surface area contributed by atoms with Gasteiger partial charge in [-0.25, -0.2) is 4.79 Å². The van der Waals surface area contributed by atoms with Gasteiger partial charge in [-0.2, -0.15) is 0 Å². The molecule has 56 valence electrons. The highest BCUT2D eigenvalue weighted by Gasteiger charge is 2.10. The standard InChI is InChI=1S/C8H12O2/c1-2-3-4-7-5-8(9)10-6-7/h5H,2-4,6H2,1H3. The number of unbranched alkanes of at least 4 members (excludes halogenated alkanes) is 1. The van der Waals surface area contributed by atoms with Crippen molar-refractivity contribution in [2.75, 3.05) is 6.61 Å². The van der Waals surface area contributed by atoms with Crippen LogP contribution in [0.5, 0.6) is 0 Å². The van der Waals surface area contributed by atoms with E-state index in [4.69, 9.17) is 4.74 Å². The molecule has 0 amide bonds. The van der Waals surface area contributed by atoms with Crippen LogP contribution < -0.4 is 0 Å². The quantitative estimate of drug-likeness (QED) is 0.557. The predicted octanol–water partition coefficient (Wildman–Crippen LogP) is 1.66. The Morgan fingerprint density at radius 1 is 1.70 bits per heavy atom. The molecule has 1 aliphatic rings. The summed E-state index contributed by atoms with van der Waals surface area (Å²) in [5.41, 5.74) is 1.15. The Hall–Kier alpha value is -0.790. The van der Waals surface area contributed by atoms with Gasteiger partial charge in [-0.05, 0) is 18.4 Å². The average molecular weight is 140 g/mol. The van der Waals surface area contributed by atoms with Gasteiger partial charge in [-0.3, -0.25) is 0 Å². The SMILES string of the molecule is CCCCC1=CC(=O)OC1. The highest BCUT2D eigenvalue weighted by Crippen LogP contribution is 2.12. The van der Waals surface area contributed by atoms with E-state index in [1.807, 2.05) is 0 Å². The smallest absolute Gasteiger partial charge is 0.331 e. The zero-order valence-corrected chi connectivity index (χ0v) is 6.22. The summed E-state index contributed by atoms with van der Waals surface area (Å²) in [7, 11) is 0. The summed E-state index contributed by atoms with van der Waals surface area (Å²) in [6, 6.07) is 0. The first-order chi connectivity index (χ1) is 4.83. The molecule has 0 aromatic rings. The van der Waals surface area contributed by atoms with E-state index in [1.54, 1.807) is 6.08 Å². The molecule has 0 fully saturated rings. The molecule has 1 heterocycles. The van der Waals surface area contributed by atoms with Gasteiger partial charge in [0.05, 0.1) is 0 Å². The Morgan fingerprint density at radius 3 is 3.00 bits per heavy atom. The van der Waals surface area contributed by atoms with Crippen LogP contribution >= 0.6 is 0 Å². The minimum absolute atomic E-state index is 0.175. The number of ether oxygens (including phenoxy) is 1. The van der Waals surface area contributed by atoms with Crippen molar-refractivity contribution in [3.8, 4) is 0 Å². The highest BCUT2D eigenvalue weighted by molar-refractivity contribution is 5.85. The third-order valence-corrected chi connectivity index (χ3v) is 1.57. The molecular weight excluding hydrogens is 128 g/mol. The lowest BCUT2D eigenvalue weighted by molar-refractivity contribution is -0.134. The fraction of sp³-hybridized carbons (Fsp3) is 0.625. The number of carbonyl (C=O) groups is 1. The van der Waals surface area contributed by atoms with Gasteiger partial charge in [0.15, 0.2) is 0 Å². The van der Waals surface area contributed by atoms with E-state index in [2.05, 4.69) is 6.92 Å². The van der Waals surface area contributed by atoms with Crippen molar-refractivity contribution in [1.82, 2.24) is 0 Å². The number of rotatable bonds is 3. The second-order valence-electron chi connectivity index (χ2n) is 2.51. The van der Waals surface area contributed by atoms with E-state index in [9.17, 15) is 4.79 Å². The second-order valence-corrected chi connectivity index (χ2v) is 2.51. The molecule has 0 unspecified atom stereocenters. The van der Waals surface area contributed by atoms with Gasteiger partial charge in [-0.1, -0.05) is 13.3 Å². The first kappa shape index (κ1) is 7.32. The first-order valence-corrected chi connectivity index (χ1v) is 3.69. The topological polar surface area (TPSA) is 26.3 Å². The number of hydrogen-bond donors (Lipinski definition) is 0. The van der Waals surface area contributed by atoms with Crippen LogP contribution in [0.15, 0.2) is 11.6 Å². The predicted molar refractivity (Wildman–Crippen MR) is 38.6 cm³/mol. The summed E-state index contributed by atoms with van der Waals surface area (Å²) < 4.78 is 4.73. The molecule has 0 bridgehead atoms. The second kappa shape index (κ2) is 3.40. The van der Waals surface area contributed by atoms with Gasteiger partial charge < -0.3 is 4.74 Å². The van der Waals surface area contributed by atoms with Crippen LogP contribution in [0, 0.1) is 0 Å². The first-order valence-electron chi connectivity index (χ1n) is 3.69. The van der Waals surface area contributed by atoms with E-state index in [1.165, 1.54) is 6.42 Å². The largest absolute Gasteiger partial charge is 0.458 e. The summed E-state index contributed by atoms with van der Waals surface area (Å²) >= 11 is 0. The molecule has 1 aliphatic heterocycles. The molecule has 0 aliphatic carbocycles. The third-order valence-electron chi connectivity index (χ3n) is 1.57. The van der Waals surface area contributed by atoms with E-state index >= 15 is 0 Å². The van der Waals surface area contributed by atoms with Crippen LogP contribution in [0.4, 0.5) is 0 Å². The van der Waals surface area contributed by atoms with Crippen LogP contribution in [0.1, 0.15) is 26.2 Å². The van der Waals surface area contributed by atoms with Crippen LogP contribution in [-0.2, 0) is 9.53 Å². The van der Waals surface area contributed by atoms with Crippen molar-refractivity contribution in [3.05, 3.63) is 11.6 Å². The zero-order valence-electron chi connectivity index (χ0n) is 6.22. The van der Waals surface area contributed by atoms with Gasteiger partial charge in [0, 0.05) is 6.08 Å². The molecule has 0 aromatic heterocycles. The van der Waals surface area contributed by atoms with Crippen LogP contribution in [0.2, 0.25) is 0 Å². The molecule has 10 heavy (non-hydrogen) atoms. The summed E-state index contributed by atoms with van der Waals surface area (Å²) in [6.07, 6.45) is 4.95. The van der Waals surface area contributed by atoms with Gasteiger partial charge >= 0.3 is 5.97 Å². The molecule has 0 atom stereocenters. The van der Waals surface area contributed by atoms with Crippen molar-refractivity contribution in [1.29, 1.82) is 0 Å². The summed E-state index contributed by atoms with van der Waals surface area (Å²) in [5.74, 6) is -0.175. The fourth-order valence-corrected chi connectivity index (χ4v) is 0.962. The Balaban J connectivity index is 2.28. The number of carbonyl (C=O) groups excluding carboxylic acids is 1. The number of hydrogen-bond acceptors (Lipinski definition) is 2. The van der Waals surface area contributed by atoms with E-state index < -0.39 is 0 Å². The molecule has 0 N–H and O–H groups in total. The maximum Gasteiger partial charge on any atom is 0.331 e. The Morgan fingerprint density at radius 2 is 2.50 bits per heavy atom. The lowest BCUT2D eigenvalue weighted by Crippen LogP contribution is -1.91. The third kappa shape index (κ3) is 1.87. The number of cyclic esters (lactones) is 1. The van der Waals surface area contributed by atoms with Gasteiger partial charge in [-0.15, -0.1) is 0 Å². The Bertz CT molecular complexity index is 159. The molecule has 2 nitrogen and oxygen atoms in total. The lowest BCUT2D eigenvalue weighted by atomic mass is 10.1. The fourth-order valence-electron chi connectivity index (χ4n) is 0.962. The molecule has 0 saturated carbocycles. The molecule has 0 saturated heterocycles. The minimum atomic E-state index is -0.175. The van der Waals surface area contributed by atoms with Crippen molar-refractivity contribution in [2.45, 2.75) is 26.2 Å².